The summed E-state index contributed by atoms with van der Waals surface area (Å²) < 4.78 is 132. The Bertz CT molecular complexity index is 1110. The zero-order valence-corrected chi connectivity index (χ0v) is 23.1. The number of hydrogen-bond acceptors (Lipinski definition) is 2. The minimum absolute atomic E-state index is 0.0257. The SMILES string of the molecule is CC[Si](CC)(CC)OC(c1cc(C)cc(C(F)(F)F)c1)(c1cc(C(F)(F)F)cc(C(F)(F)F)c1)[C@H]1CCCN1. The summed E-state index contributed by atoms with van der Waals surface area (Å²) in [6.07, 6.45) is -14.3. The third kappa shape index (κ3) is 6.48. The summed E-state index contributed by atoms with van der Waals surface area (Å²) in [5.41, 5.74) is -6.59. The maximum Gasteiger partial charge on any atom is 0.416 e. The normalized spacial score (nSPS) is 18.8. The van der Waals surface area contributed by atoms with E-state index in [9.17, 15) is 39.5 Å². The van der Waals surface area contributed by atoms with Gasteiger partial charge in [-0.25, -0.2) is 0 Å². The van der Waals surface area contributed by atoms with Crippen LogP contribution in [0.3, 0.4) is 0 Å². The van der Waals surface area contributed by atoms with Crippen molar-refractivity contribution in [1.29, 1.82) is 0 Å². The van der Waals surface area contributed by atoms with Crippen molar-refractivity contribution in [2.75, 3.05) is 6.54 Å². The molecule has 0 amide bonds. The first-order chi connectivity index (χ1) is 17.9. The molecule has 0 bridgehead atoms. The highest BCUT2D eigenvalue weighted by atomic mass is 28.4. The Morgan fingerprint density at radius 3 is 1.46 bits per heavy atom. The maximum absolute atomic E-state index is 14.0. The minimum Gasteiger partial charge on any atom is -0.402 e. The lowest BCUT2D eigenvalue weighted by molar-refractivity contribution is -0.143. The molecule has 39 heavy (non-hydrogen) atoms. The van der Waals surface area contributed by atoms with Crippen molar-refractivity contribution in [3.05, 3.63) is 69.8 Å². The number of rotatable bonds is 8. The van der Waals surface area contributed by atoms with Gasteiger partial charge in [0.25, 0.3) is 0 Å². The van der Waals surface area contributed by atoms with Crippen LogP contribution in [0.25, 0.3) is 0 Å². The van der Waals surface area contributed by atoms with Gasteiger partial charge < -0.3 is 9.74 Å². The molecular weight excluding hydrogens is 553 g/mol. The number of alkyl halides is 9. The molecule has 2 atom stereocenters. The van der Waals surface area contributed by atoms with Gasteiger partial charge in [0.05, 0.1) is 16.7 Å². The average Bonchev–Trinajstić information content (AvgIpc) is 3.39. The monoisotopic (exact) mass is 585 g/mol. The van der Waals surface area contributed by atoms with Crippen molar-refractivity contribution < 1.29 is 43.9 Å². The first-order valence-electron chi connectivity index (χ1n) is 12.8. The van der Waals surface area contributed by atoms with Gasteiger partial charge in [0.1, 0.15) is 5.60 Å². The summed E-state index contributed by atoms with van der Waals surface area (Å²) in [5.74, 6) is 0. The number of hydrogen-bond donors (Lipinski definition) is 1. The summed E-state index contributed by atoms with van der Waals surface area (Å²) >= 11 is 0. The van der Waals surface area contributed by atoms with Crippen molar-refractivity contribution in [2.24, 2.45) is 0 Å². The molecule has 1 aliphatic rings. The summed E-state index contributed by atoms with van der Waals surface area (Å²) in [7, 11) is -2.88. The van der Waals surface area contributed by atoms with Crippen LogP contribution >= 0.6 is 0 Å². The highest BCUT2D eigenvalue weighted by Gasteiger charge is 2.52. The Balaban J connectivity index is 2.54. The van der Waals surface area contributed by atoms with Gasteiger partial charge >= 0.3 is 18.5 Å². The van der Waals surface area contributed by atoms with Crippen LogP contribution in [-0.2, 0) is 28.6 Å². The molecule has 0 aromatic heterocycles. The van der Waals surface area contributed by atoms with Gasteiger partial charge in [0.2, 0.25) is 0 Å². The molecule has 1 unspecified atom stereocenters. The highest BCUT2D eigenvalue weighted by Crippen LogP contribution is 2.48. The molecule has 12 heteroatoms. The fourth-order valence-corrected chi connectivity index (χ4v) is 8.42. The van der Waals surface area contributed by atoms with E-state index in [0.29, 0.717) is 43.2 Å². The van der Waals surface area contributed by atoms with E-state index in [2.05, 4.69) is 5.32 Å². The summed E-state index contributed by atoms with van der Waals surface area (Å²) in [4.78, 5) is 0. The molecule has 0 radical (unpaired) electrons. The lowest BCUT2D eigenvalue weighted by atomic mass is 9.77. The lowest BCUT2D eigenvalue weighted by Gasteiger charge is -2.47. The number of aryl methyl sites for hydroxylation is 1. The van der Waals surface area contributed by atoms with E-state index < -0.39 is 60.7 Å². The van der Waals surface area contributed by atoms with Crippen LogP contribution in [0.1, 0.15) is 67.0 Å². The van der Waals surface area contributed by atoms with Crippen LogP contribution in [0.5, 0.6) is 0 Å². The van der Waals surface area contributed by atoms with Gasteiger partial charge in [-0.2, -0.15) is 39.5 Å². The van der Waals surface area contributed by atoms with E-state index in [1.807, 2.05) is 20.8 Å². The van der Waals surface area contributed by atoms with E-state index in [4.69, 9.17) is 4.43 Å². The quantitative estimate of drug-likeness (QED) is 0.247. The fraction of sp³-hybridized carbons (Fsp3) is 0.556. The second-order valence-corrected chi connectivity index (χ2v) is 14.8. The predicted octanol–water partition coefficient (Wildman–Crippen LogP) is 9.07. The Morgan fingerprint density at radius 1 is 0.692 bits per heavy atom. The maximum atomic E-state index is 14.0. The van der Waals surface area contributed by atoms with Crippen LogP contribution in [0.2, 0.25) is 18.1 Å². The second kappa shape index (κ2) is 11.1. The third-order valence-electron chi connectivity index (χ3n) is 7.71. The number of nitrogens with one attached hydrogen (secondary N) is 1. The number of benzene rings is 2. The molecular formula is C27H32F9NOSi. The molecule has 218 valence electrons. The summed E-state index contributed by atoms with van der Waals surface area (Å²) in [6, 6.07) is 4.86. The molecule has 0 spiro atoms. The van der Waals surface area contributed by atoms with Gasteiger partial charge in [0.15, 0.2) is 8.32 Å². The topological polar surface area (TPSA) is 21.3 Å². The molecule has 3 rings (SSSR count). The van der Waals surface area contributed by atoms with E-state index in [1.165, 1.54) is 13.0 Å². The zero-order chi connectivity index (χ0) is 29.4. The summed E-state index contributed by atoms with van der Waals surface area (Å²) in [6.45, 7) is 7.28. The number of halogens is 9. The first-order valence-corrected chi connectivity index (χ1v) is 15.4. The lowest BCUT2D eigenvalue weighted by Crippen LogP contribution is -2.55. The van der Waals surface area contributed by atoms with Crippen LogP contribution < -0.4 is 5.32 Å². The van der Waals surface area contributed by atoms with Gasteiger partial charge in [-0.3, -0.25) is 0 Å². The van der Waals surface area contributed by atoms with Gasteiger partial charge in [-0.15, -0.1) is 0 Å². The molecule has 1 aliphatic heterocycles. The Morgan fingerprint density at radius 2 is 1.08 bits per heavy atom. The zero-order valence-electron chi connectivity index (χ0n) is 22.1. The Labute approximate surface area is 223 Å². The molecule has 2 aromatic carbocycles. The summed E-state index contributed by atoms with van der Waals surface area (Å²) in [5, 5.41) is 3.14. The second-order valence-electron chi connectivity index (χ2n) is 10.1. The van der Waals surface area contributed by atoms with E-state index in [1.54, 1.807) is 0 Å². The van der Waals surface area contributed by atoms with Crippen LogP contribution in [0, 0.1) is 6.92 Å². The molecule has 2 aromatic rings. The smallest absolute Gasteiger partial charge is 0.402 e. The standard InChI is InChI=1S/C27H32F9NOSi/c1-5-39(6-2,7-3)38-24(23-9-8-10-37-23,18-11-17(4)12-20(13-18)25(28,29)30)19-14-21(26(31,32)33)16-22(15-19)27(34,35)36/h11-16,23,37H,5-10H2,1-4H3/t23-,24?/m1/s1. The first kappa shape index (κ1) is 31.5. The van der Waals surface area contributed by atoms with Crippen LogP contribution in [0.15, 0.2) is 36.4 Å². The van der Waals surface area contributed by atoms with Crippen molar-refractivity contribution in [2.45, 2.75) is 88.8 Å². The van der Waals surface area contributed by atoms with Gasteiger partial charge in [-0.1, -0.05) is 32.4 Å². The molecule has 1 saturated heterocycles. The Kier molecular flexibility index (Phi) is 8.94. The molecule has 1 fully saturated rings. The van der Waals surface area contributed by atoms with Crippen LogP contribution in [0.4, 0.5) is 39.5 Å². The van der Waals surface area contributed by atoms with Crippen molar-refractivity contribution in [3.63, 3.8) is 0 Å². The average molecular weight is 586 g/mol. The molecule has 0 aliphatic carbocycles. The molecule has 1 heterocycles. The molecule has 2 nitrogen and oxygen atoms in total. The predicted molar refractivity (Wildman–Crippen MR) is 133 cm³/mol. The largest absolute Gasteiger partial charge is 0.416 e. The van der Waals surface area contributed by atoms with Crippen LogP contribution in [-0.4, -0.2) is 20.9 Å². The fourth-order valence-electron chi connectivity index (χ4n) is 5.43. The Hall–Kier alpha value is -2.05. The minimum atomic E-state index is -5.14. The van der Waals surface area contributed by atoms with Crippen molar-refractivity contribution in [1.82, 2.24) is 5.32 Å². The third-order valence-corrected chi connectivity index (χ3v) is 12.3. The van der Waals surface area contributed by atoms with Gasteiger partial charge in [-0.05, 0) is 85.9 Å². The van der Waals surface area contributed by atoms with Gasteiger partial charge in [0, 0.05) is 6.04 Å². The van der Waals surface area contributed by atoms with Crippen molar-refractivity contribution >= 4 is 8.32 Å². The molecule has 0 saturated carbocycles. The van der Waals surface area contributed by atoms with E-state index >= 15 is 0 Å². The van der Waals surface area contributed by atoms with Crippen molar-refractivity contribution in [3.8, 4) is 0 Å². The molecule has 1 N–H and O–H groups in total. The van der Waals surface area contributed by atoms with E-state index in [-0.39, 0.29) is 23.6 Å². The van der Waals surface area contributed by atoms with E-state index in [0.717, 1.165) is 12.1 Å². The highest BCUT2D eigenvalue weighted by molar-refractivity contribution is 6.73.